The van der Waals surface area contributed by atoms with E-state index in [0.717, 1.165) is 23.2 Å². The fourth-order valence-corrected chi connectivity index (χ4v) is 2.27. The molecule has 21 heavy (non-hydrogen) atoms. The summed E-state index contributed by atoms with van der Waals surface area (Å²) in [4.78, 5) is 16.6. The molecule has 0 aliphatic heterocycles. The normalized spacial score (nSPS) is 11.0. The number of aryl methyl sites for hydroxylation is 1. The standard InChI is InChI=1S/C16H12F2N2O/c1-20-14-5-3-2-4-13(14)19-16(20)9-15(21)10-6-7-11(17)12(18)8-10/h2-8H,9H2,1H3. The zero-order valence-corrected chi connectivity index (χ0v) is 11.3. The van der Waals surface area contributed by atoms with Gasteiger partial charge in [-0.1, -0.05) is 12.1 Å². The second kappa shape index (κ2) is 5.09. The summed E-state index contributed by atoms with van der Waals surface area (Å²) in [6, 6.07) is 10.7. The minimum absolute atomic E-state index is 0.0379. The molecule has 0 spiro atoms. The maximum atomic E-state index is 13.2. The zero-order valence-electron chi connectivity index (χ0n) is 11.3. The highest BCUT2D eigenvalue weighted by molar-refractivity contribution is 5.97. The lowest BCUT2D eigenvalue weighted by molar-refractivity contribution is 0.0989. The molecule has 0 bridgehead atoms. The van der Waals surface area contributed by atoms with E-state index in [0.29, 0.717) is 5.82 Å². The summed E-state index contributed by atoms with van der Waals surface area (Å²) in [7, 11) is 1.82. The summed E-state index contributed by atoms with van der Waals surface area (Å²) in [5.41, 5.74) is 1.86. The van der Waals surface area contributed by atoms with Crippen molar-refractivity contribution in [2.75, 3.05) is 0 Å². The molecular weight excluding hydrogens is 274 g/mol. The monoisotopic (exact) mass is 286 g/mol. The Balaban J connectivity index is 1.92. The van der Waals surface area contributed by atoms with Gasteiger partial charge in [-0.05, 0) is 30.3 Å². The number of rotatable bonds is 3. The predicted molar refractivity (Wildman–Crippen MR) is 75.1 cm³/mol. The second-order valence-electron chi connectivity index (χ2n) is 4.80. The molecule has 0 fully saturated rings. The molecule has 0 unspecified atom stereocenters. The fourth-order valence-electron chi connectivity index (χ4n) is 2.27. The van der Waals surface area contributed by atoms with Crippen LogP contribution in [0.15, 0.2) is 42.5 Å². The van der Waals surface area contributed by atoms with Crippen molar-refractivity contribution in [3.63, 3.8) is 0 Å². The van der Waals surface area contributed by atoms with E-state index in [1.165, 1.54) is 6.07 Å². The van der Waals surface area contributed by atoms with Crippen LogP contribution in [0.1, 0.15) is 16.2 Å². The molecule has 0 radical (unpaired) electrons. The number of para-hydroxylation sites is 2. The summed E-state index contributed by atoms with van der Waals surface area (Å²) in [6.07, 6.45) is 0.0379. The van der Waals surface area contributed by atoms with Crippen molar-refractivity contribution in [3.05, 3.63) is 65.5 Å². The molecule has 106 valence electrons. The number of ketones is 1. The third kappa shape index (κ3) is 2.42. The zero-order chi connectivity index (χ0) is 15.0. The second-order valence-corrected chi connectivity index (χ2v) is 4.80. The fraction of sp³-hybridized carbons (Fsp3) is 0.125. The minimum Gasteiger partial charge on any atom is -0.331 e. The SMILES string of the molecule is Cn1c(CC(=O)c2ccc(F)c(F)c2)nc2ccccc21. The number of carbonyl (C=O) groups is 1. The summed E-state index contributed by atoms with van der Waals surface area (Å²) >= 11 is 0. The maximum Gasteiger partial charge on any atom is 0.170 e. The minimum atomic E-state index is -1.02. The van der Waals surface area contributed by atoms with Crippen LogP contribution in [0.4, 0.5) is 8.78 Å². The first-order valence-electron chi connectivity index (χ1n) is 6.45. The quantitative estimate of drug-likeness (QED) is 0.693. The highest BCUT2D eigenvalue weighted by atomic mass is 19.2. The average molecular weight is 286 g/mol. The predicted octanol–water partition coefficient (Wildman–Crippen LogP) is 3.28. The van der Waals surface area contributed by atoms with E-state index in [4.69, 9.17) is 0 Å². The molecule has 3 rings (SSSR count). The van der Waals surface area contributed by atoms with E-state index in [9.17, 15) is 13.6 Å². The van der Waals surface area contributed by atoms with Gasteiger partial charge in [0.1, 0.15) is 5.82 Å². The lowest BCUT2D eigenvalue weighted by Crippen LogP contribution is -2.09. The molecule has 5 heteroatoms. The summed E-state index contributed by atoms with van der Waals surface area (Å²) in [5, 5.41) is 0. The van der Waals surface area contributed by atoms with Crippen LogP contribution in [-0.2, 0) is 13.5 Å². The van der Waals surface area contributed by atoms with Crippen LogP contribution >= 0.6 is 0 Å². The van der Waals surface area contributed by atoms with Crippen molar-refractivity contribution in [2.24, 2.45) is 7.05 Å². The first kappa shape index (κ1) is 13.4. The highest BCUT2D eigenvalue weighted by Gasteiger charge is 2.14. The number of fused-ring (bicyclic) bond motifs is 1. The lowest BCUT2D eigenvalue weighted by atomic mass is 10.1. The van der Waals surface area contributed by atoms with Crippen molar-refractivity contribution in [3.8, 4) is 0 Å². The molecule has 0 atom stereocenters. The third-order valence-corrected chi connectivity index (χ3v) is 3.44. The van der Waals surface area contributed by atoms with Gasteiger partial charge < -0.3 is 4.57 Å². The van der Waals surface area contributed by atoms with Gasteiger partial charge in [0.05, 0.1) is 17.5 Å². The van der Waals surface area contributed by atoms with Gasteiger partial charge in [-0.25, -0.2) is 13.8 Å². The van der Waals surface area contributed by atoms with E-state index in [1.807, 2.05) is 35.9 Å². The molecule has 2 aromatic carbocycles. The van der Waals surface area contributed by atoms with Gasteiger partial charge in [0.2, 0.25) is 0 Å². The van der Waals surface area contributed by atoms with Crippen LogP contribution in [0.2, 0.25) is 0 Å². The molecule has 1 aromatic heterocycles. The van der Waals surface area contributed by atoms with Crippen LogP contribution in [0.5, 0.6) is 0 Å². The molecule has 3 aromatic rings. The Hall–Kier alpha value is -2.56. The molecule has 0 saturated carbocycles. The highest BCUT2D eigenvalue weighted by Crippen LogP contribution is 2.16. The van der Waals surface area contributed by atoms with Crippen LogP contribution in [0.3, 0.4) is 0 Å². The number of benzene rings is 2. The van der Waals surface area contributed by atoms with Gasteiger partial charge in [0, 0.05) is 12.6 Å². The Morgan fingerprint density at radius 2 is 1.90 bits per heavy atom. The van der Waals surface area contributed by atoms with E-state index >= 15 is 0 Å². The summed E-state index contributed by atoms with van der Waals surface area (Å²) in [5.74, 6) is -1.70. The third-order valence-electron chi connectivity index (χ3n) is 3.44. The van der Waals surface area contributed by atoms with E-state index < -0.39 is 11.6 Å². The molecule has 0 N–H and O–H groups in total. The van der Waals surface area contributed by atoms with Gasteiger partial charge in [-0.15, -0.1) is 0 Å². The Morgan fingerprint density at radius 1 is 1.14 bits per heavy atom. The Labute approximate surface area is 119 Å². The Bertz CT molecular complexity index is 839. The van der Waals surface area contributed by atoms with Crippen molar-refractivity contribution < 1.29 is 13.6 Å². The molecule has 1 heterocycles. The number of hydrogen-bond acceptors (Lipinski definition) is 2. The first-order chi connectivity index (χ1) is 10.1. The van der Waals surface area contributed by atoms with Crippen molar-refractivity contribution >= 4 is 16.8 Å². The van der Waals surface area contributed by atoms with Crippen LogP contribution in [0.25, 0.3) is 11.0 Å². The van der Waals surface area contributed by atoms with Gasteiger partial charge in [0.15, 0.2) is 17.4 Å². The van der Waals surface area contributed by atoms with Crippen LogP contribution in [-0.4, -0.2) is 15.3 Å². The first-order valence-corrected chi connectivity index (χ1v) is 6.45. The van der Waals surface area contributed by atoms with E-state index in [-0.39, 0.29) is 17.8 Å². The molecule has 0 amide bonds. The van der Waals surface area contributed by atoms with Crippen molar-refractivity contribution in [1.82, 2.24) is 9.55 Å². The maximum absolute atomic E-state index is 13.2. The summed E-state index contributed by atoms with van der Waals surface area (Å²) < 4.78 is 27.9. The summed E-state index contributed by atoms with van der Waals surface area (Å²) in [6.45, 7) is 0. The van der Waals surface area contributed by atoms with Gasteiger partial charge in [-0.2, -0.15) is 0 Å². The lowest BCUT2D eigenvalue weighted by Gasteiger charge is -2.03. The Kier molecular flexibility index (Phi) is 3.25. The molecular formula is C16H12F2N2O. The van der Waals surface area contributed by atoms with Gasteiger partial charge >= 0.3 is 0 Å². The number of imidazole rings is 1. The molecule has 0 saturated heterocycles. The number of nitrogens with zero attached hydrogens (tertiary/aromatic N) is 2. The Morgan fingerprint density at radius 3 is 2.62 bits per heavy atom. The van der Waals surface area contributed by atoms with E-state index in [2.05, 4.69) is 4.98 Å². The van der Waals surface area contributed by atoms with Gasteiger partial charge in [0.25, 0.3) is 0 Å². The van der Waals surface area contributed by atoms with Gasteiger partial charge in [-0.3, -0.25) is 4.79 Å². The smallest absolute Gasteiger partial charge is 0.170 e. The van der Waals surface area contributed by atoms with Crippen LogP contribution in [0, 0.1) is 11.6 Å². The van der Waals surface area contributed by atoms with Crippen LogP contribution < -0.4 is 0 Å². The largest absolute Gasteiger partial charge is 0.331 e. The molecule has 0 aliphatic rings. The number of aromatic nitrogens is 2. The number of halogens is 2. The van der Waals surface area contributed by atoms with E-state index in [1.54, 1.807) is 0 Å². The topological polar surface area (TPSA) is 34.9 Å². The average Bonchev–Trinajstić information content (AvgIpc) is 2.79. The molecule has 0 aliphatic carbocycles. The number of carbonyl (C=O) groups excluding carboxylic acids is 1. The van der Waals surface area contributed by atoms with Crippen molar-refractivity contribution in [1.29, 1.82) is 0 Å². The number of Topliss-reactive ketones (excluding diaryl/α,β-unsaturated/α-hetero) is 1. The molecule has 3 nitrogen and oxygen atoms in total. The van der Waals surface area contributed by atoms with Crippen molar-refractivity contribution in [2.45, 2.75) is 6.42 Å². The number of hydrogen-bond donors (Lipinski definition) is 0.